The van der Waals surface area contributed by atoms with E-state index in [1.54, 1.807) is 0 Å². The normalized spacial score (nSPS) is 41.2. The third-order valence-corrected chi connectivity index (χ3v) is 3.01. The van der Waals surface area contributed by atoms with Crippen LogP contribution in [-0.2, 0) is 0 Å². The average molecular weight is 155 g/mol. The van der Waals surface area contributed by atoms with E-state index in [2.05, 4.69) is 11.8 Å². The summed E-state index contributed by atoms with van der Waals surface area (Å²) in [5, 5.41) is 0. The van der Waals surface area contributed by atoms with Crippen LogP contribution in [0.1, 0.15) is 33.6 Å². The Morgan fingerprint density at radius 3 is 2.36 bits per heavy atom. The molecule has 0 spiro atoms. The maximum absolute atomic E-state index is 2.60. The van der Waals surface area contributed by atoms with E-state index < -0.39 is 0 Å². The van der Waals surface area contributed by atoms with Crippen LogP contribution in [0.25, 0.3) is 0 Å². The zero-order chi connectivity index (χ0) is 8.27. The third-order valence-electron chi connectivity index (χ3n) is 3.01. The van der Waals surface area contributed by atoms with Crippen LogP contribution in [-0.4, -0.2) is 24.5 Å². The van der Waals surface area contributed by atoms with Crippen molar-refractivity contribution >= 4 is 0 Å². The first-order valence-corrected chi connectivity index (χ1v) is 5.08. The summed E-state index contributed by atoms with van der Waals surface area (Å²) < 4.78 is 0. The van der Waals surface area contributed by atoms with Crippen LogP contribution < -0.4 is 0 Å². The van der Waals surface area contributed by atoms with Crippen molar-refractivity contribution < 1.29 is 0 Å². The van der Waals surface area contributed by atoms with Crippen LogP contribution in [0, 0.1) is 11.8 Å². The van der Waals surface area contributed by atoms with Gasteiger partial charge >= 0.3 is 0 Å². The fourth-order valence-electron chi connectivity index (χ4n) is 2.15. The molecule has 3 atom stereocenters. The lowest BCUT2D eigenvalue weighted by atomic mass is 9.89. The summed E-state index contributed by atoms with van der Waals surface area (Å²) in [6.07, 6.45) is 2.92. The first-order valence-electron chi connectivity index (χ1n) is 5.08. The Kier molecular flexibility index (Phi) is 3.38. The van der Waals surface area contributed by atoms with Gasteiger partial charge in [-0.25, -0.2) is 0 Å². The van der Waals surface area contributed by atoms with Gasteiger partial charge in [-0.15, -0.1) is 0 Å². The van der Waals surface area contributed by atoms with Crippen molar-refractivity contribution in [2.45, 2.75) is 33.6 Å². The minimum atomic E-state index is 1.02. The monoisotopic (exact) mass is 155 g/mol. The predicted molar refractivity (Wildman–Crippen MR) is 49.7 cm³/mol. The molecule has 0 aromatic carbocycles. The fourth-order valence-corrected chi connectivity index (χ4v) is 2.15. The van der Waals surface area contributed by atoms with E-state index in [4.69, 9.17) is 0 Å². The van der Waals surface area contributed by atoms with Crippen molar-refractivity contribution in [3.8, 4) is 0 Å². The molecule has 3 unspecified atom stereocenters. The van der Waals surface area contributed by atoms with Crippen LogP contribution in [0.15, 0.2) is 0 Å². The summed E-state index contributed by atoms with van der Waals surface area (Å²) in [5.41, 5.74) is 0. The number of rotatable bonds is 0. The fraction of sp³-hybridized carbons (Fsp3) is 1.00. The predicted octanol–water partition coefficient (Wildman–Crippen LogP) is 2.37. The highest BCUT2D eigenvalue weighted by Crippen LogP contribution is 2.31. The Balaban J connectivity index is 0.000000281. The topological polar surface area (TPSA) is 3.24 Å². The standard InChI is InChI=1S/C8H15N.C2H6/c1-7-2-4-9-5-3-8(7)6-9;1-2/h7-8H,2-6H2,1H3;1-2H3. The summed E-state index contributed by atoms with van der Waals surface area (Å²) in [6.45, 7) is 10.6. The van der Waals surface area contributed by atoms with Gasteiger partial charge in [0, 0.05) is 6.54 Å². The molecule has 2 bridgehead atoms. The molecule has 2 saturated heterocycles. The van der Waals surface area contributed by atoms with Crippen LogP contribution in [0.2, 0.25) is 0 Å². The second-order valence-corrected chi connectivity index (χ2v) is 3.62. The highest BCUT2D eigenvalue weighted by Gasteiger charge is 2.31. The molecular formula is C10H21N. The molecule has 0 aromatic heterocycles. The molecular weight excluding hydrogens is 134 g/mol. The molecule has 1 nitrogen and oxygen atoms in total. The molecule has 2 fully saturated rings. The van der Waals surface area contributed by atoms with E-state index in [-0.39, 0.29) is 0 Å². The zero-order valence-electron chi connectivity index (χ0n) is 8.14. The number of hydrogen-bond acceptors (Lipinski definition) is 1. The molecule has 2 heterocycles. The van der Waals surface area contributed by atoms with Crippen LogP contribution in [0.5, 0.6) is 0 Å². The Labute approximate surface area is 70.8 Å². The zero-order valence-corrected chi connectivity index (χ0v) is 8.14. The molecule has 1 heteroatoms. The lowest BCUT2D eigenvalue weighted by Gasteiger charge is -2.27. The van der Waals surface area contributed by atoms with E-state index in [1.165, 1.54) is 32.5 Å². The number of piperidine rings is 1. The third kappa shape index (κ3) is 1.96. The van der Waals surface area contributed by atoms with Crippen molar-refractivity contribution in [3.63, 3.8) is 0 Å². The van der Waals surface area contributed by atoms with E-state index in [9.17, 15) is 0 Å². The van der Waals surface area contributed by atoms with E-state index in [0.717, 1.165) is 11.8 Å². The van der Waals surface area contributed by atoms with Gasteiger partial charge in [-0.3, -0.25) is 0 Å². The van der Waals surface area contributed by atoms with Gasteiger partial charge in [0.05, 0.1) is 0 Å². The molecule has 0 aliphatic carbocycles. The maximum Gasteiger partial charge on any atom is 0.00127 e. The first kappa shape index (κ1) is 9.05. The molecule has 0 saturated carbocycles. The lowest BCUT2D eigenvalue weighted by Crippen LogP contribution is -2.30. The molecule has 0 aromatic rings. The second-order valence-electron chi connectivity index (χ2n) is 3.62. The average Bonchev–Trinajstić information content (AvgIpc) is 2.46. The molecule has 2 aliphatic rings. The lowest BCUT2D eigenvalue weighted by molar-refractivity contribution is 0.215. The molecule has 0 radical (unpaired) electrons. The van der Waals surface area contributed by atoms with E-state index in [0.29, 0.717) is 0 Å². The van der Waals surface area contributed by atoms with Crippen molar-refractivity contribution in [3.05, 3.63) is 0 Å². The Hall–Kier alpha value is -0.0400. The number of hydrogen-bond donors (Lipinski definition) is 0. The van der Waals surface area contributed by atoms with Gasteiger partial charge < -0.3 is 4.90 Å². The van der Waals surface area contributed by atoms with Gasteiger partial charge in [0.15, 0.2) is 0 Å². The summed E-state index contributed by atoms with van der Waals surface area (Å²) in [5.74, 6) is 2.07. The van der Waals surface area contributed by atoms with Crippen molar-refractivity contribution in [1.29, 1.82) is 0 Å². The highest BCUT2D eigenvalue weighted by atomic mass is 15.2. The number of fused-ring (bicyclic) bond motifs is 2. The summed E-state index contributed by atoms with van der Waals surface area (Å²) in [4.78, 5) is 2.60. The van der Waals surface area contributed by atoms with Gasteiger partial charge in [0.2, 0.25) is 0 Å². The summed E-state index contributed by atoms with van der Waals surface area (Å²) in [7, 11) is 0. The Morgan fingerprint density at radius 1 is 1.09 bits per heavy atom. The summed E-state index contributed by atoms with van der Waals surface area (Å²) >= 11 is 0. The van der Waals surface area contributed by atoms with Crippen molar-refractivity contribution in [2.24, 2.45) is 11.8 Å². The van der Waals surface area contributed by atoms with E-state index >= 15 is 0 Å². The Bertz CT molecular complexity index is 111. The van der Waals surface area contributed by atoms with Gasteiger partial charge in [-0.05, 0) is 37.8 Å². The summed E-state index contributed by atoms with van der Waals surface area (Å²) in [6, 6.07) is 0. The van der Waals surface area contributed by atoms with Crippen LogP contribution in [0.3, 0.4) is 0 Å². The second kappa shape index (κ2) is 4.10. The van der Waals surface area contributed by atoms with Gasteiger partial charge in [-0.2, -0.15) is 0 Å². The molecule has 11 heavy (non-hydrogen) atoms. The van der Waals surface area contributed by atoms with Crippen LogP contribution in [0.4, 0.5) is 0 Å². The minimum Gasteiger partial charge on any atom is -0.303 e. The highest BCUT2D eigenvalue weighted by molar-refractivity contribution is 4.84. The molecule has 0 N–H and O–H groups in total. The SMILES string of the molecule is CC.CC1CCN2CCC1C2. The molecule has 0 amide bonds. The smallest absolute Gasteiger partial charge is 0.00127 e. The molecule has 2 rings (SSSR count). The maximum atomic E-state index is 2.60. The Morgan fingerprint density at radius 2 is 1.73 bits per heavy atom. The van der Waals surface area contributed by atoms with Crippen molar-refractivity contribution in [1.82, 2.24) is 4.90 Å². The van der Waals surface area contributed by atoms with Crippen LogP contribution >= 0.6 is 0 Å². The molecule has 66 valence electrons. The number of nitrogens with zero attached hydrogens (tertiary/aromatic N) is 1. The first-order chi connectivity index (χ1) is 5.36. The quantitative estimate of drug-likeness (QED) is 0.519. The van der Waals surface area contributed by atoms with E-state index in [1.807, 2.05) is 13.8 Å². The largest absolute Gasteiger partial charge is 0.303 e. The van der Waals surface area contributed by atoms with Gasteiger partial charge in [0.1, 0.15) is 0 Å². The minimum absolute atomic E-state index is 1.02. The molecule has 2 aliphatic heterocycles. The van der Waals surface area contributed by atoms with Gasteiger partial charge in [0.25, 0.3) is 0 Å². The van der Waals surface area contributed by atoms with Crippen molar-refractivity contribution in [2.75, 3.05) is 19.6 Å². The van der Waals surface area contributed by atoms with Gasteiger partial charge in [-0.1, -0.05) is 20.8 Å².